The van der Waals surface area contributed by atoms with Gasteiger partial charge in [-0.3, -0.25) is 4.79 Å². The number of quaternary nitrogens is 1. The van der Waals surface area contributed by atoms with Crippen molar-refractivity contribution in [2.24, 2.45) is 0 Å². The fourth-order valence-electron chi connectivity index (χ4n) is 2.91. The summed E-state index contributed by atoms with van der Waals surface area (Å²) in [5.74, 6) is -0.115. The van der Waals surface area contributed by atoms with Crippen molar-refractivity contribution in [3.8, 4) is 0 Å². The van der Waals surface area contributed by atoms with E-state index in [-0.39, 0.29) is 24.1 Å². The van der Waals surface area contributed by atoms with Crippen LogP contribution in [-0.2, 0) is 9.53 Å². The number of nitrogens with one attached hydrogen (secondary N) is 1. The number of carbonyl (C=O) groups is 1. The Labute approximate surface area is 149 Å². The first-order chi connectivity index (χ1) is 11.3. The molecule has 1 aliphatic rings. The maximum Gasteiger partial charge on any atom is 0.172 e. The summed E-state index contributed by atoms with van der Waals surface area (Å²) in [4.78, 5) is 14.2. The van der Waals surface area contributed by atoms with Crippen LogP contribution in [0.1, 0.15) is 17.0 Å². The van der Waals surface area contributed by atoms with E-state index in [0.29, 0.717) is 0 Å². The molecule has 0 spiro atoms. The molecule has 0 bridgehead atoms. The molecule has 0 saturated carbocycles. The summed E-state index contributed by atoms with van der Waals surface area (Å²) in [6, 6.07) is 20.0. The molecule has 0 amide bonds. The van der Waals surface area contributed by atoms with Crippen LogP contribution in [0.15, 0.2) is 72.9 Å². The highest BCUT2D eigenvalue weighted by Crippen LogP contribution is 2.25. The van der Waals surface area contributed by atoms with Gasteiger partial charge in [0.05, 0.1) is 25.3 Å². The molecule has 1 saturated heterocycles. The molecule has 0 aliphatic carbocycles. The van der Waals surface area contributed by atoms with E-state index in [1.54, 1.807) is 6.08 Å². The first kappa shape index (κ1) is 18.4. The number of hydrogen-bond acceptors (Lipinski definition) is 2. The summed E-state index contributed by atoms with van der Waals surface area (Å²) >= 11 is 0. The summed E-state index contributed by atoms with van der Waals surface area (Å²) < 4.78 is 5.35. The molecule has 1 aliphatic heterocycles. The molecule has 0 aromatic heterocycles. The Kier molecular flexibility index (Phi) is 7.19. The Morgan fingerprint density at radius 2 is 1.42 bits per heavy atom. The number of morpholine rings is 1. The van der Waals surface area contributed by atoms with Gasteiger partial charge in [0.15, 0.2) is 5.78 Å². The van der Waals surface area contributed by atoms with E-state index >= 15 is 0 Å². The van der Waals surface area contributed by atoms with Gasteiger partial charge >= 0.3 is 0 Å². The van der Waals surface area contributed by atoms with E-state index in [1.165, 1.54) is 4.90 Å². The van der Waals surface area contributed by atoms with Crippen LogP contribution in [0.3, 0.4) is 0 Å². The minimum Gasteiger partial charge on any atom is -1.00 e. The third kappa shape index (κ3) is 4.78. The largest absolute Gasteiger partial charge is 1.00 e. The predicted octanol–water partition coefficient (Wildman–Crippen LogP) is -1.18. The number of allylic oxidation sites excluding steroid dienone is 1. The Morgan fingerprint density at radius 1 is 0.917 bits per heavy atom. The van der Waals surface area contributed by atoms with E-state index < -0.39 is 0 Å². The lowest BCUT2D eigenvalue weighted by molar-refractivity contribution is -0.856. The molecule has 4 heteroatoms. The molecule has 0 unspecified atom stereocenters. The summed E-state index contributed by atoms with van der Waals surface area (Å²) in [6.07, 6.45) is 3.73. The zero-order valence-electron chi connectivity index (χ0n) is 13.5. The summed E-state index contributed by atoms with van der Waals surface area (Å²) in [6.45, 7) is 3.36. The van der Waals surface area contributed by atoms with Crippen LogP contribution in [0.2, 0.25) is 0 Å². The maximum absolute atomic E-state index is 12.9. The third-order valence-electron chi connectivity index (χ3n) is 4.17. The molecule has 2 aromatic rings. The fraction of sp³-hybridized carbons (Fsp3) is 0.250. The molecular formula is C20H22ClNO2. The van der Waals surface area contributed by atoms with Gasteiger partial charge < -0.3 is 22.0 Å². The quantitative estimate of drug-likeness (QED) is 0.693. The van der Waals surface area contributed by atoms with Crippen LogP contribution in [-0.4, -0.2) is 32.1 Å². The number of ketones is 1. The normalized spacial score (nSPS) is 15.4. The van der Waals surface area contributed by atoms with Crippen molar-refractivity contribution in [2.75, 3.05) is 26.3 Å². The SMILES string of the molecule is O=C(/C=C/[NH+]1CCOCC1)C(c1ccccc1)c1ccccc1.[Cl-]. The highest BCUT2D eigenvalue weighted by molar-refractivity contribution is 5.97. The summed E-state index contributed by atoms with van der Waals surface area (Å²) in [7, 11) is 0. The molecule has 126 valence electrons. The van der Waals surface area contributed by atoms with Crippen LogP contribution < -0.4 is 17.3 Å². The van der Waals surface area contributed by atoms with E-state index in [1.807, 2.05) is 66.9 Å². The van der Waals surface area contributed by atoms with E-state index in [9.17, 15) is 4.79 Å². The number of hydrogen-bond donors (Lipinski definition) is 1. The second-order valence-electron chi connectivity index (χ2n) is 5.76. The van der Waals surface area contributed by atoms with E-state index in [2.05, 4.69) is 0 Å². The number of rotatable bonds is 5. The van der Waals surface area contributed by atoms with Gasteiger partial charge in [-0.2, -0.15) is 0 Å². The third-order valence-corrected chi connectivity index (χ3v) is 4.17. The standard InChI is InChI=1S/C20H21NO2.ClH/c22-19(11-12-21-13-15-23-16-14-21)20(17-7-3-1-4-8-17)18-9-5-2-6-10-18;/h1-12,20H,13-16H2;1H/b12-11+;. The first-order valence-corrected chi connectivity index (χ1v) is 8.09. The minimum atomic E-state index is -0.242. The minimum absolute atomic E-state index is 0. The monoisotopic (exact) mass is 343 g/mol. The van der Waals surface area contributed by atoms with Gasteiger partial charge in [0, 0.05) is 6.08 Å². The number of ether oxygens (including phenoxy) is 1. The van der Waals surface area contributed by atoms with Crippen molar-refractivity contribution >= 4 is 5.78 Å². The Morgan fingerprint density at radius 3 is 1.92 bits per heavy atom. The highest BCUT2D eigenvalue weighted by Gasteiger charge is 2.21. The topological polar surface area (TPSA) is 30.7 Å². The summed E-state index contributed by atoms with van der Waals surface area (Å²) in [5, 5.41) is 0. The second-order valence-corrected chi connectivity index (χ2v) is 5.76. The Bertz CT molecular complexity index is 612. The van der Waals surface area contributed by atoms with Crippen LogP contribution in [0, 0.1) is 0 Å². The van der Waals surface area contributed by atoms with Crippen molar-refractivity contribution in [1.82, 2.24) is 0 Å². The Hall–Kier alpha value is -1.94. The lowest BCUT2D eigenvalue weighted by atomic mass is 9.87. The number of benzene rings is 2. The van der Waals surface area contributed by atoms with Crippen molar-refractivity contribution in [3.63, 3.8) is 0 Å². The fourth-order valence-corrected chi connectivity index (χ4v) is 2.91. The van der Waals surface area contributed by atoms with Gasteiger partial charge in [-0.05, 0) is 11.1 Å². The Balaban J connectivity index is 0.00000208. The smallest absolute Gasteiger partial charge is 0.172 e. The van der Waals surface area contributed by atoms with Crippen molar-refractivity contribution < 1.29 is 26.8 Å². The zero-order valence-corrected chi connectivity index (χ0v) is 14.3. The lowest BCUT2D eigenvalue weighted by Crippen LogP contribution is -3.09. The highest BCUT2D eigenvalue weighted by atomic mass is 35.5. The average molecular weight is 344 g/mol. The van der Waals surface area contributed by atoms with Gasteiger partial charge in [-0.25, -0.2) is 0 Å². The average Bonchev–Trinajstić information content (AvgIpc) is 2.63. The molecule has 0 radical (unpaired) electrons. The van der Waals surface area contributed by atoms with Gasteiger partial charge in [0.25, 0.3) is 0 Å². The van der Waals surface area contributed by atoms with E-state index in [0.717, 1.165) is 37.4 Å². The van der Waals surface area contributed by atoms with Gasteiger partial charge in [-0.1, -0.05) is 60.7 Å². The molecule has 2 aromatic carbocycles. The molecule has 1 fully saturated rings. The maximum atomic E-state index is 12.9. The van der Waals surface area contributed by atoms with Crippen LogP contribution in [0.5, 0.6) is 0 Å². The predicted molar refractivity (Wildman–Crippen MR) is 90.4 cm³/mol. The summed E-state index contributed by atoms with van der Waals surface area (Å²) in [5.41, 5.74) is 2.07. The first-order valence-electron chi connectivity index (χ1n) is 8.09. The van der Waals surface area contributed by atoms with Crippen LogP contribution >= 0.6 is 0 Å². The van der Waals surface area contributed by atoms with Crippen molar-refractivity contribution in [2.45, 2.75) is 5.92 Å². The van der Waals surface area contributed by atoms with Gasteiger partial charge in [0.1, 0.15) is 13.1 Å². The number of halogens is 1. The van der Waals surface area contributed by atoms with E-state index in [4.69, 9.17) is 4.74 Å². The molecule has 1 heterocycles. The van der Waals surface area contributed by atoms with Crippen LogP contribution in [0.25, 0.3) is 0 Å². The van der Waals surface area contributed by atoms with Crippen molar-refractivity contribution in [3.05, 3.63) is 84.1 Å². The second kappa shape index (κ2) is 9.38. The molecule has 3 nitrogen and oxygen atoms in total. The van der Waals surface area contributed by atoms with Crippen LogP contribution in [0.4, 0.5) is 0 Å². The van der Waals surface area contributed by atoms with Gasteiger partial charge in [-0.15, -0.1) is 0 Å². The van der Waals surface area contributed by atoms with Crippen molar-refractivity contribution in [1.29, 1.82) is 0 Å². The molecular weight excluding hydrogens is 322 g/mol. The lowest BCUT2D eigenvalue weighted by Gasteiger charge is -2.20. The molecule has 3 rings (SSSR count). The molecule has 1 N–H and O–H groups in total. The number of carbonyl (C=O) groups excluding carboxylic acids is 1. The molecule has 0 atom stereocenters. The zero-order chi connectivity index (χ0) is 15.9. The van der Waals surface area contributed by atoms with Gasteiger partial charge in [0.2, 0.25) is 0 Å². The molecule has 24 heavy (non-hydrogen) atoms.